The molecule has 0 radical (unpaired) electrons. The van der Waals surface area contributed by atoms with Gasteiger partial charge in [-0.1, -0.05) is 19.1 Å². The fraction of sp³-hybridized carbons (Fsp3) is 0.421. The molecule has 1 amide bonds. The largest absolute Gasteiger partial charge is 0.353 e. The SMILES string of the molecule is CCc1ccc(C(=O)N2CCN(c3ccnc(N(C)C)n3)CC2)cc1. The summed E-state index contributed by atoms with van der Waals surface area (Å²) >= 11 is 0. The van der Waals surface area contributed by atoms with Crippen molar-refractivity contribution >= 4 is 17.7 Å². The summed E-state index contributed by atoms with van der Waals surface area (Å²) < 4.78 is 0. The molecule has 1 saturated heterocycles. The van der Waals surface area contributed by atoms with E-state index in [1.54, 1.807) is 6.20 Å². The molecule has 0 atom stereocenters. The van der Waals surface area contributed by atoms with Gasteiger partial charge in [-0.3, -0.25) is 4.79 Å². The second-order valence-corrected chi connectivity index (χ2v) is 6.44. The van der Waals surface area contributed by atoms with Crippen molar-refractivity contribution in [2.75, 3.05) is 50.1 Å². The fourth-order valence-electron chi connectivity index (χ4n) is 2.94. The van der Waals surface area contributed by atoms with Gasteiger partial charge in [0.15, 0.2) is 0 Å². The molecule has 6 heteroatoms. The van der Waals surface area contributed by atoms with Gasteiger partial charge in [0, 0.05) is 52.0 Å². The van der Waals surface area contributed by atoms with Gasteiger partial charge < -0.3 is 14.7 Å². The Morgan fingerprint density at radius 3 is 2.36 bits per heavy atom. The van der Waals surface area contributed by atoms with E-state index in [2.05, 4.69) is 21.8 Å². The second-order valence-electron chi connectivity index (χ2n) is 6.44. The Bertz CT molecular complexity index is 721. The number of aryl methyl sites for hydroxylation is 1. The minimum absolute atomic E-state index is 0.110. The lowest BCUT2D eigenvalue weighted by Gasteiger charge is -2.35. The van der Waals surface area contributed by atoms with Gasteiger partial charge >= 0.3 is 0 Å². The smallest absolute Gasteiger partial charge is 0.253 e. The number of amides is 1. The molecule has 132 valence electrons. The summed E-state index contributed by atoms with van der Waals surface area (Å²) in [5.41, 5.74) is 2.02. The van der Waals surface area contributed by atoms with Gasteiger partial charge in [0.1, 0.15) is 5.82 Å². The number of hydrogen-bond acceptors (Lipinski definition) is 5. The van der Waals surface area contributed by atoms with Gasteiger partial charge in [-0.2, -0.15) is 4.98 Å². The van der Waals surface area contributed by atoms with Crippen molar-refractivity contribution in [3.8, 4) is 0 Å². The van der Waals surface area contributed by atoms with Crippen LogP contribution in [0.2, 0.25) is 0 Å². The van der Waals surface area contributed by atoms with Crippen LogP contribution < -0.4 is 9.80 Å². The molecule has 6 nitrogen and oxygen atoms in total. The number of aromatic nitrogens is 2. The van der Waals surface area contributed by atoms with E-state index in [1.165, 1.54) is 5.56 Å². The first-order valence-corrected chi connectivity index (χ1v) is 8.72. The van der Waals surface area contributed by atoms with Crippen LogP contribution in [0.25, 0.3) is 0 Å². The summed E-state index contributed by atoms with van der Waals surface area (Å²) in [5, 5.41) is 0. The van der Waals surface area contributed by atoms with Gasteiger partial charge in [-0.05, 0) is 30.2 Å². The molecule has 25 heavy (non-hydrogen) atoms. The van der Waals surface area contributed by atoms with Gasteiger partial charge in [-0.25, -0.2) is 4.98 Å². The number of carbonyl (C=O) groups excluding carboxylic acids is 1. The normalized spacial score (nSPS) is 14.5. The molecule has 0 spiro atoms. The Kier molecular flexibility index (Phi) is 5.16. The van der Waals surface area contributed by atoms with Crippen molar-refractivity contribution in [2.24, 2.45) is 0 Å². The topological polar surface area (TPSA) is 52.6 Å². The summed E-state index contributed by atoms with van der Waals surface area (Å²) in [6, 6.07) is 9.86. The minimum atomic E-state index is 0.110. The molecular formula is C19H25N5O. The van der Waals surface area contributed by atoms with Crippen molar-refractivity contribution in [3.63, 3.8) is 0 Å². The van der Waals surface area contributed by atoms with Crippen molar-refractivity contribution in [2.45, 2.75) is 13.3 Å². The minimum Gasteiger partial charge on any atom is -0.353 e. The molecule has 0 unspecified atom stereocenters. The quantitative estimate of drug-likeness (QED) is 0.853. The van der Waals surface area contributed by atoms with E-state index in [0.717, 1.165) is 30.9 Å². The summed E-state index contributed by atoms with van der Waals surface area (Å²) in [6.07, 6.45) is 2.77. The lowest BCUT2D eigenvalue weighted by Crippen LogP contribution is -2.49. The lowest BCUT2D eigenvalue weighted by molar-refractivity contribution is 0.0746. The monoisotopic (exact) mass is 339 g/mol. The highest BCUT2D eigenvalue weighted by Crippen LogP contribution is 2.17. The molecular weight excluding hydrogens is 314 g/mol. The van der Waals surface area contributed by atoms with Crippen molar-refractivity contribution in [1.82, 2.24) is 14.9 Å². The molecule has 2 aromatic rings. The summed E-state index contributed by atoms with van der Waals surface area (Å²) in [6.45, 7) is 5.08. The third-order valence-electron chi connectivity index (χ3n) is 4.53. The highest BCUT2D eigenvalue weighted by molar-refractivity contribution is 5.94. The number of benzene rings is 1. The van der Waals surface area contributed by atoms with E-state index in [-0.39, 0.29) is 5.91 Å². The molecule has 0 aliphatic carbocycles. The Morgan fingerprint density at radius 2 is 1.76 bits per heavy atom. The van der Waals surface area contributed by atoms with Gasteiger partial charge in [0.2, 0.25) is 5.95 Å². The maximum atomic E-state index is 12.7. The van der Waals surface area contributed by atoms with Crippen molar-refractivity contribution < 1.29 is 4.79 Å². The Hall–Kier alpha value is -2.63. The zero-order valence-electron chi connectivity index (χ0n) is 15.1. The van der Waals surface area contributed by atoms with Crippen molar-refractivity contribution in [1.29, 1.82) is 0 Å². The average molecular weight is 339 g/mol. The van der Waals surface area contributed by atoms with Crippen LogP contribution in [-0.2, 0) is 6.42 Å². The predicted molar refractivity (Wildman–Crippen MR) is 100 cm³/mol. The van der Waals surface area contributed by atoms with Crippen LogP contribution >= 0.6 is 0 Å². The van der Waals surface area contributed by atoms with Crippen molar-refractivity contribution in [3.05, 3.63) is 47.7 Å². The second kappa shape index (κ2) is 7.51. The first kappa shape index (κ1) is 17.2. The number of carbonyl (C=O) groups is 1. The highest BCUT2D eigenvalue weighted by Gasteiger charge is 2.23. The van der Waals surface area contributed by atoms with E-state index in [9.17, 15) is 4.79 Å². The lowest BCUT2D eigenvalue weighted by atomic mass is 10.1. The maximum Gasteiger partial charge on any atom is 0.253 e. The molecule has 1 aliphatic rings. The standard InChI is InChI=1S/C19H25N5O/c1-4-15-5-7-16(8-6-15)18(25)24-13-11-23(12-14-24)17-9-10-20-19(21-17)22(2)3/h5-10H,4,11-14H2,1-3H3. The third kappa shape index (κ3) is 3.90. The molecule has 1 aromatic heterocycles. The average Bonchev–Trinajstić information content (AvgIpc) is 2.67. The maximum absolute atomic E-state index is 12.7. The van der Waals surface area contributed by atoms with Gasteiger partial charge in [0.05, 0.1) is 0 Å². The summed E-state index contributed by atoms with van der Waals surface area (Å²) in [7, 11) is 3.86. The molecule has 1 aliphatic heterocycles. The fourth-order valence-corrected chi connectivity index (χ4v) is 2.94. The van der Waals surface area contributed by atoms with Gasteiger partial charge in [0.25, 0.3) is 5.91 Å². The van der Waals surface area contributed by atoms with Crippen LogP contribution in [-0.4, -0.2) is 61.0 Å². The molecule has 0 N–H and O–H groups in total. The number of anilines is 2. The Morgan fingerprint density at radius 1 is 1.08 bits per heavy atom. The van der Waals surface area contributed by atoms with E-state index >= 15 is 0 Å². The predicted octanol–water partition coefficient (Wildman–Crippen LogP) is 2.07. The zero-order chi connectivity index (χ0) is 17.8. The van der Waals surface area contributed by atoms with Crippen LogP contribution in [0, 0.1) is 0 Å². The third-order valence-corrected chi connectivity index (χ3v) is 4.53. The molecule has 0 bridgehead atoms. The summed E-state index contributed by atoms with van der Waals surface area (Å²) in [5.74, 6) is 1.73. The van der Waals surface area contributed by atoms with E-state index in [1.807, 2.05) is 54.2 Å². The molecule has 0 saturated carbocycles. The zero-order valence-corrected chi connectivity index (χ0v) is 15.1. The number of hydrogen-bond donors (Lipinski definition) is 0. The van der Waals surface area contributed by atoms with Crippen LogP contribution in [0.3, 0.4) is 0 Å². The van der Waals surface area contributed by atoms with E-state index < -0.39 is 0 Å². The summed E-state index contributed by atoms with van der Waals surface area (Å²) in [4.78, 5) is 27.5. The molecule has 1 aromatic carbocycles. The number of nitrogens with zero attached hydrogens (tertiary/aromatic N) is 5. The molecule has 2 heterocycles. The molecule has 3 rings (SSSR count). The first-order chi connectivity index (χ1) is 12.1. The van der Waals surface area contributed by atoms with Crippen LogP contribution in [0.4, 0.5) is 11.8 Å². The Labute approximate surface area is 149 Å². The van der Waals surface area contributed by atoms with Crippen LogP contribution in [0.15, 0.2) is 36.5 Å². The van der Waals surface area contributed by atoms with Crippen LogP contribution in [0.1, 0.15) is 22.8 Å². The molecule has 1 fully saturated rings. The Balaban J connectivity index is 1.63. The highest BCUT2D eigenvalue weighted by atomic mass is 16.2. The van der Waals surface area contributed by atoms with E-state index in [0.29, 0.717) is 19.0 Å². The van der Waals surface area contributed by atoms with E-state index in [4.69, 9.17) is 0 Å². The van der Waals surface area contributed by atoms with Gasteiger partial charge in [-0.15, -0.1) is 0 Å². The van der Waals surface area contributed by atoms with Crippen LogP contribution in [0.5, 0.6) is 0 Å². The first-order valence-electron chi connectivity index (χ1n) is 8.72. The number of piperazine rings is 1. The number of rotatable bonds is 4.